The molecule has 0 saturated carbocycles. The second-order valence-corrected chi connectivity index (χ2v) is 5.55. The van der Waals surface area contributed by atoms with Gasteiger partial charge in [0.25, 0.3) is 0 Å². The molecule has 3 aromatic rings. The number of anilines is 1. The van der Waals surface area contributed by atoms with E-state index in [1.807, 2.05) is 12.1 Å². The summed E-state index contributed by atoms with van der Waals surface area (Å²) in [6.07, 6.45) is 3.46. The third kappa shape index (κ3) is 1.76. The van der Waals surface area contributed by atoms with Gasteiger partial charge in [-0.1, -0.05) is 20.8 Å². The molecule has 3 rings (SSSR count). The summed E-state index contributed by atoms with van der Waals surface area (Å²) in [4.78, 5) is 4.02. The lowest BCUT2D eigenvalue weighted by molar-refractivity contribution is 0.564. The number of hydrogen-bond acceptors (Lipinski definition) is 4. The molecule has 0 fully saturated rings. The Bertz CT molecular complexity index is 717. The summed E-state index contributed by atoms with van der Waals surface area (Å²) in [6.45, 7) is 6.33. The van der Waals surface area contributed by atoms with Gasteiger partial charge in [0.1, 0.15) is 5.82 Å². The van der Waals surface area contributed by atoms with Gasteiger partial charge in [-0.25, -0.2) is 4.68 Å². The average Bonchev–Trinajstić information content (AvgIpc) is 2.91. The fourth-order valence-electron chi connectivity index (χ4n) is 2.12. The van der Waals surface area contributed by atoms with E-state index in [1.54, 1.807) is 17.1 Å². The van der Waals surface area contributed by atoms with Gasteiger partial charge >= 0.3 is 0 Å². The predicted molar refractivity (Wildman–Crippen MR) is 74.1 cm³/mol. The maximum atomic E-state index is 5.98. The molecule has 0 bridgehead atoms. The summed E-state index contributed by atoms with van der Waals surface area (Å²) in [6, 6.07) is 3.79. The first kappa shape index (κ1) is 11.7. The second-order valence-electron chi connectivity index (χ2n) is 5.55. The van der Waals surface area contributed by atoms with Crippen LogP contribution in [0.4, 0.5) is 5.82 Å². The summed E-state index contributed by atoms with van der Waals surface area (Å²) in [7, 11) is 0. The number of nitrogen functional groups attached to an aromatic ring is 1. The van der Waals surface area contributed by atoms with E-state index in [4.69, 9.17) is 5.73 Å². The quantitative estimate of drug-likeness (QED) is 0.697. The van der Waals surface area contributed by atoms with Crippen LogP contribution in [0.1, 0.15) is 26.5 Å². The van der Waals surface area contributed by atoms with E-state index in [2.05, 4.69) is 41.1 Å². The van der Waals surface area contributed by atoms with Gasteiger partial charge in [-0.05, 0) is 12.1 Å². The normalized spacial score (nSPS) is 12.2. The highest BCUT2D eigenvalue weighted by molar-refractivity contribution is 5.90. The Morgan fingerprint density at radius 1 is 1.21 bits per heavy atom. The Morgan fingerprint density at radius 3 is 2.53 bits per heavy atom. The predicted octanol–water partition coefficient (Wildman–Crippen LogP) is 2.02. The number of hydrogen-bond donors (Lipinski definition) is 2. The maximum Gasteiger partial charge on any atom is 0.186 e. The molecule has 0 radical (unpaired) electrons. The molecule has 3 heterocycles. The van der Waals surface area contributed by atoms with E-state index >= 15 is 0 Å². The molecule has 6 nitrogen and oxygen atoms in total. The SMILES string of the molecule is CC(C)(C)c1nn(-c2ccncc2)c2n[nH]c(N)c12. The molecule has 0 aromatic carbocycles. The van der Waals surface area contributed by atoms with Crippen LogP contribution >= 0.6 is 0 Å². The maximum absolute atomic E-state index is 5.98. The lowest BCUT2D eigenvalue weighted by Gasteiger charge is -2.15. The zero-order valence-corrected chi connectivity index (χ0v) is 11.2. The average molecular weight is 256 g/mol. The number of rotatable bonds is 1. The summed E-state index contributed by atoms with van der Waals surface area (Å²) < 4.78 is 1.80. The highest BCUT2D eigenvalue weighted by Gasteiger charge is 2.26. The van der Waals surface area contributed by atoms with Gasteiger partial charge in [0.15, 0.2) is 5.65 Å². The first-order valence-electron chi connectivity index (χ1n) is 6.12. The topological polar surface area (TPSA) is 85.4 Å². The standard InChI is InChI=1S/C13H16N6/c1-13(2,3)10-9-11(14)16-17-12(9)19(18-10)8-4-6-15-7-5-8/h4-7H,1-3H3,(H3,14,16,17). The molecule has 19 heavy (non-hydrogen) atoms. The molecule has 6 heteroatoms. The first-order chi connectivity index (χ1) is 8.98. The van der Waals surface area contributed by atoms with Crippen LogP contribution in [-0.4, -0.2) is 25.0 Å². The second kappa shape index (κ2) is 3.81. The van der Waals surface area contributed by atoms with Crippen molar-refractivity contribution in [3.05, 3.63) is 30.2 Å². The Kier molecular flexibility index (Phi) is 2.35. The molecule has 0 saturated heterocycles. The van der Waals surface area contributed by atoms with E-state index < -0.39 is 0 Å². The fraction of sp³-hybridized carbons (Fsp3) is 0.308. The highest BCUT2D eigenvalue weighted by Crippen LogP contribution is 2.32. The van der Waals surface area contributed by atoms with Gasteiger partial charge in [-0.3, -0.25) is 10.1 Å². The fourth-order valence-corrected chi connectivity index (χ4v) is 2.12. The van der Waals surface area contributed by atoms with Crippen LogP contribution in [0.3, 0.4) is 0 Å². The van der Waals surface area contributed by atoms with Gasteiger partial charge in [-0.15, -0.1) is 0 Å². The molecule has 0 spiro atoms. The minimum atomic E-state index is -0.103. The molecule has 0 aliphatic rings. The molecule has 0 atom stereocenters. The number of fused-ring (bicyclic) bond motifs is 1. The van der Waals surface area contributed by atoms with Crippen LogP contribution in [-0.2, 0) is 5.41 Å². The summed E-state index contributed by atoms with van der Waals surface area (Å²) >= 11 is 0. The molecular formula is C13H16N6. The number of nitrogens with one attached hydrogen (secondary N) is 1. The molecule has 98 valence electrons. The smallest absolute Gasteiger partial charge is 0.186 e. The minimum absolute atomic E-state index is 0.103. The summed E-state index contributed by atoms with van der Waals surface area (Å²) in [5, 5.41) is 12.7. The van der Waals surface area contributed by atoms with Crippen LogP contribution in [0.15, 0.2) is 24.5 Å². The van der Waals surface area contributed by atoms with Gasteiger partial charge in [0.05, 0.1) is 16.8 Å². The molecule has 0 aliphatic heterocycles. The molecule has 3 N–H and O–H groups in total. The number of nitrogens with zero attached hydrogens (tertiary/aromatic N) is 4. The minimum Gasteiger partial charge on any atom is -0.383 e. The lowest BCUT2D eigenvalue weighted by atomic mass is 9.91. The number of nitrogens with two attached hydrogens (primary N) is 1. The number of pyridine rings is 1. The highest BCUT2D eigenvalue weighted by atomic mass is 15.4. The van der Waals surface area contributed by atoms with Crippen molar-refractivity contribution in [3.8, 4) is 5.69 Å². The number of H-pyrrole nitrogens is 1. The van der Waals surface area contributed by atoms with Crippen LogP contribution in [0.5, 0.6) is 0 Å². The van der Waals surface area contributed by atoms with Crippen LogP contribution < -0.4 is 5.73 Å². The third-order valence-corrected chi connectivity index (χ3v) is 3.03. The molecule has 0 amide bonds. The van der Waals surface area contributed by atoms with E-state index in [1.165, 1.54) is 0 Å². The van der Waals surface area contributed by atoms with Gasteiger partial charge in [-0.2, -0.15) is 10.2 Å². The van der Waals surface area contributed by atoms with E-state index in [0.29, 0.717) is 5.82 Å². The van der Waals surface area contributed by atoms with Crippen molar-refractivity contribution in [2.45, 2.75) is 26.2 Å². The van der Waals surface area contributed by atoms with Gasteiger partial charge < -0.3 is 5.73 Å². The van der Waals surface area contributed by atoms with Crippen molar-refractivity contribution in [3.63, 3.8) is 0 Å². The summed E-state index contributed by atoms with van der Waals surface area (Å²) in [5.41, 5.74) is 8.48. The number of aromatic nitrogens is 5. The van der Waals surface area contributed by atoms with E-state index in [-0.39, 0.29) is 5.41 Å². The van der Waals surface area contributed by atoms with Crippen LogP contribution in [0, 0.1) is 0 Å². The zero-order valence-electron chi connectivity index (χ0n) is 11.2. The van der Waals surface area contributed by atoms with Crippen molar-refractivity contribution in [2.24, 2.45) is 0 Å². The zero-order chi connectivity index (χ0) is 13.6. The lowest BCUT2D eigenvalue weighted by Crippen LogP contribution is -2.13. The molecule has 3 aromatic heterocycles. The molecule has 0 unspecified atom stereocenters. The molecular weight excluding hydrogens is 240 g/mol. The van der Waals surface area contributed by atoms with Crippen molar-refractivity contribution in [1.29, 1.82) is 0 Å². The van der Waals surface area contributed by atoms with Crippen molar-refractivity contribution >= 4 is 16.9 Å². The third-order valence-electron chi connectivity index (χ3n) is 3.03. The summed E-state index contributed by atoms with van der Waals surface area (Å²) in [5.74, 6) is 0.556. The van der Waals surface area contributed by atoms with Gasteiger partial charge in [0, 0.05) is 17.8 Å². The van der Waals surface area contributed by atoms with Crippen molar-refractivity contribution in [2.75, 3.05) is 5.73 Å². The largest absolute Gasteiger partial charge is 0.383 e. The Balaban J connectivity index is 2.34. The van der Waals surface area contributed by atoms with Gasteiger partial charge in [0.2, 0.25) is 0 Å². The Morgan fingerprint density at radius 2 is 1.89 bits per heavy atom. The van der Waals surface area contributed by atoms with Crippen molar-refractivity contribution in [1.82, 2.24) is 25.0 Å². The Hall–Kier alpha value is -2.37. The number of aromatic amines is 1. The molecule has 0 aliphatic carbocycles. The first-order valence-corrected chi connectivity index (χ1v) is 6.12. The van der Waals surface area contributed by atoms with E-state index in [0.717, 1.165) is 22.4 Å². The van der Waals surface area contributed by atoms with Crippen LogP contribution in [0.25, 0.3) is 16.7 Å². The van der Waals surface area contributed by atoms with Crippen molar-refractivity contribution < 1.29 is 0 Å². The van der Waals surface area contributed by atoms with Crippen LogP contribution in [0.2, 0.25) is 0 Å². The Labute approximate surface area is 110 Å². The monoisotopic (exact) mass is 256 g/mol. The van der Waals surface area contributed by atoms with E-state index in [9.17, 15) is 0 Å².